The fraction of sp³-hybridized carbons (Fsp3) is 0.458. The third kappa shape index (κ3) is 3.69. The molecule has 4 nitrogen and oxygen atoms in total. The largest absolute Gasteiger partial charge is 0.326 e. The molecule has 2 aliphatic rings. The van der Waals surface area contributed by atoms with Crippen molar-refractivity contribution in [1.82, 2.24) is 19.8 Å². The average Bonchev–Trinajstić information content (AvgIpc) is 3.44. The third-order valence-corrected chi connectivity index (χ3v) is 6.83. The Kier molecular flexibility index (Phi) is 4.88. The number of rotatable bonds is 5. The Hall–Kier alpha value is -2.24. The first-order valence-electron chi connectivity index (χ1n) is 10.8. The van der Waals surface area contributed by atoms with E-state index in [2.05, 4.69) is 51.0 Å². The zero-order valence-electron chi connectivity index (χ0n) is 17.1. The van der Waals surface area contributed by atoms with E-state index in [9.17, 15) is 4.39 Å². The van der Waals surface area contributed by atoms with Gasteiger partial charge in [-0.05, 0) is 69.0 Å². The van der Waals surface area contributed by atoms with E-state index in [1.54, 1.807) is 12.4 Å². The fourth-order valence-corrected chi connectivity index (χ4v) is 5.32. The van der Waals surface area contributed by atoms with Gasteiger partial charge in [-0.25, -0.2) is 9.37 Å². The van der Waals surface area contributed by atoms with E-state index in [1.165, 1.54) is 49.1 Å². The number of hydrogen-bond donors (Lipinski definition) is 1. The van der Waals surface area contributed by atoms with Gasteiger partial charge >= 0.3 is 0 Å². The van der Waals surface area contributed by atoms with Gasteiger partial charge in [0.1, 0.15) is 5.82 Å². The van der Waals surface area contributed by atoms with E-state index >= 15 is 0 Å². The van der Waals surface area contributed by atoms with Crippen molar-refractivity contribution in [2.45, 2.75) is 50.7 Å². The quantitative estimate of drug-likeness (QED) is 0.713. The lowest BCUT2D eigenvalue weighted by Gasteiger charge is -2.39. The summed E-state index contributed by atoms with van der Waals surface area (Å²) in [6.45, 7) is 6.72. The van der Waals surface area contributed by atoms with E-state index in [0.29, 0.717) is 11.6 Å². The van der Waals surface area contributed by atoms with Crippen LogP contribution in [0.5, 0.6) is 0 Å². The molecule has 0 saturated carbocycles. The number of imidazole rings is 1. The van der Waals surface area contributed by atoms with E-state index in [4.69, 9.17) is 0 Å². The molecule has 5 heteroatoms. The second-order valence-electron chi connectivity index (χ2n) is 8.94. The molecule has 0 bridgehead atoms. The van der Waals surface area contributed by atoms with Crippen LogP contribution < -0.4 is 5.32 Å². The summed E-state index contributed by atoms with van der Waals surface area (Å²) in [5.41, 5.74) is 4.59. The molecule has 29 heavy (non-hydrogen) atoms. The number of nitrogens with one attached hydrogen (secondary N) is 1. The molecule has 2 saturated heterocycles. The molecule has 2 fully saturated rings. The van der Waals surface area contributed by atoms with E-state index in [1.807, 2.05) is 0 Å². The zero-order valence-corrected chi connectivity index (χ0v) is 17.1. The van der Waals surface area contributed by atoms with Gasteiger partial charge in [0.15, 0.2) is 0 Å². The molecule has 2 aromatic carbocycles. The minimum absolute atomic E-state index is 0.241. The maximum atomic E-state index is 13.4. The fourth-order valence-electron chi connectivity index (χ4n) is 5.32. The van der Waals surface area contributed by atoms with Crippen LogP contribution in [-0.2, 0) is 13.0 Å². The van der Waals surface area contributed by atoms with Crippen LogP contribution in [-0.4, -0.2) is 45.7 Å². The van der Waals surface area contributed by atoms with Gasteiger partial charge < -0.3 is 9.88 Å². The standard InChI is InChI=1S/C24H29FN4/c1-24(10-2-12-29(24)21-9-11-26-15-21)14-18-3-5-19(6-4-18)16-28-17-27-22-13-20(25)7-8-23(22)28/h3-8,13,17,21,26H,2,9-12,14-16H2,1H3. The molecule has 0 spiro atoms. The molecule has 1 N–H and O–H groups in total. The first-order chi connectivity index (χ1) is 14.1. The number of likely N-dealkylation sites (tertiary alicyclic amines) is 1. The molecule has 5 rings (SSSR count). The third-order valence-electron chi connectivity index (χ3n) is 6.83. The molecule has 1 aromatic heterocycles. The predicted octanol–water partition coefficient (Wildman–Crippen LogP) is 3.98. The first kappa shape index (κ1) is 18.8. The average molecular weight is 393 g/mol. The SMILES string of the molecule is CC1(Cc2ccc(Cn3cnc4cc(F)ccc43)cc2)CCCN1C1CCNC1. The van der Waals surface area contributed by atoms with Crippen molar-refractivity contribution in [2.24, 2.45) is 0 Å². The predicted molar refractivity (Wildman–Crippen MR) is 115 cm³/mol. The van der Waals surface area contributed by atoms with Crippen LogP contribution in [0.1, 0.15) is 37.3 Å². The Morgan fingerprint density at radius 2 is 2.00 bits per heavy atom. The molecular formula is C24H29FN4. The van der Waals surface area contributed by atoms with Gasteiger partial charge in [0.2, 0.25) is 0 Å². The highest BCUT2D eigenvalue weighted by atomic mass is 19.1. The number of benzene rings is 2. The molecular weight excluding hydrogens is 363 g/mol. The second kappa shape index (κ2) is 7.54. The Morgan fingerprint density at radius 1 is 1.17 bits per heavy atom. The second-order valence-corrected chi connectivity index (χ2v) is 8.94. The van der Waals surface area contributed by atoms with Gasteiger partial charge in [-0.3, -0.25) is 4.90 Å². The highest BCUT2D eigenvalue weighted by Crippen LogP contribution is 2.35. The number of fused-ring (bicyclic) bond motifs is 1. The maximum Gasteiger partial charge on any atom is 0.125 e. The molecule has 2 atom stereocenters. The minimum Gasteiger partial charge on any atom is -0.326 e. The van der Waals surface area contributed by atoms with Crippen molar-refractivity contribution < 1.29 is 4.39 Å². The normalized spacial score (nSPS) is 25.2. The van der Waals surface area contributed by atoms with Crippen LogP contribution in [0.3, 0.4) is 0 Å². The molecule has 2 unspecified atom stereocenters. The monoisotopic (exact) mass is 392 g/mol. The number of aromatic nitrogens is 2. The Morgan fingerprint density at radius 3 is 2.79 bits per heavy atom. The van der Waals surface area contributed by atoms with Crippen LogP contribution in [0.2, 0.25) is 0 Å². The van der Waals surface area contributed by atoms with Gasteiger partial charge in [0.25, 0.3) is 0 Å². The van der Waals surface area contributed by atoms with Crippen molar-refractivity contribution in [3.8, 4) is 0 Å². The van der Waals surface area contributed by atoms with Gasteiger partial charge in [0, 0.05) is 30.7 Å². The lowest BCUT2D eigenvalue weighted by Crippen LogP contribution is -2.49. The molecule has 152 valence electrons. The number of halogens is 1. The van der Waals surface area contributed by atoms with Crippen molar-refractivity contribution in [2.75, 3.05) is 19.6 Å². The summed E-state index contributed by atoms with van der Waals surface area (Å²) < 4.78 is 15.5. The Labute approximate surface area is 171 Å². The number of hydrogen-bond acceptors (Lipinski definition) is 3. The maximum absolute atomic E-state index is 13.4. The Bertz CT molecular complexity index is 990. The van der Waals surface area contributed by atoms with E-state index < -0.39 is 0 Å². The highest BCUT2D eigenvalue weighted by Gasteiger charge is 2.41. The van der Waals surface area contributed by atoms with E-state index in [-0.39, 0.29) is 11.4 Å². The summed E-state index contributed by atoms with van der Waals surface area (Å²) >= 11 is 0. The topological polar surface area (TPSA) is 33.1 Å². The molecule has 2 aliphatic heterocycles. The van der Waals surface area contributed by atoms with Crippen molar-refractivity contribution in [1.29, 1.82) is 0 Å². The summed E-state index contributed by atoms with van der Waals surface area (Å²) in [6.07, 6.45) is 6.77. The minimum atomic E-state index is -0.241. The van der Waals surface area contributed by atoms with Crippen LogP contribution in [0.25, 0.3) is 11.0 Å². The molecule has 0 radical (unpaired) electrons. The Balaban J connectivity index is 1.29. The highest BCUT2D eigenvalue weighted by molar-refractivity contribution is 5.75. The van der Waals surface area contributed by atoms with Crippen molar-refractivity contribution in [3.63, 3.8) is 0 Å². The summed E-state index contributed by atoms with van der Waals surface area (Å²) in [4.78, 5) is 7.09. The van der Waals surface area contributed by atoms with Gasteiger partial charge in [-0.2, -0.15) is 0 Å². The molecule has 3 aromatic rings. The van der Waals surface area contributed by atoms with Crippen LogP contribution >= 0.6 is 0 Å². The van der Waals surface area contributed by atoms with Crippen molar-refractivity contribution in [3.05, 3.63) is 65.7 Å². The lowest BCUT2D eigenvalue weighted by molar-refractivity contribution is 0.109. The summed E-state index contributed by atoms with van der Waals surface area (Å²) in [6, 6.07) is 14.5. The molecule has 0 aliphatic carbocycles. The van der Waals surface area contributed by atoms with Crippen LogP contribution in [0, 0.1) is 5.82 Å². The van der Waals surface area contributed by atoms with Crippen LogP contribution in [0.15, 0.2) is 48.8 Å². The summed E-state index contributed by atoms with van der Waals surface area (Å²) in [5.74, 6) is -0.241. The van der Waals surface area contributed by atoms with E-state index in [0.717, 1.165) is 31.6 Å². The smallest absolute Gasteiger partial charge is 0.125 e. The lowest BCUT2D eigenvalue weighted by atomic mass is 9.89. The van der Waals surface area contributed by atoms with Crippen LogP contribution in [0.4, 0.5) is 4.39 Å². The zero-order chi connectivity index (χ0) is 19.8. The van der Waals surface area contributed by atoms with Gasteiger partial charge in [0.05, 0.1) is 17.4 Å². The first-order valence-corrected chi connectivity index (χ1v) is 10.8. The number of nitrogens with zero attached hydrogens (tertiary/aromatic N) is 3. The summed E-state index contributed by atoms with van der Waals surface area (Å²) in [7, 11) is 0. The van der Waals surface area contributed by atoms with Gasteiger partial charge in [-0.15, -0.1) is 0 Å². The molecule has 3 heterocycles. The summed E-state index contributed by atoms with van der Waals surface area (Å²) in [5, 5.41) is 3.53. The van der Waals surface area contributed by atoms with Gasteiger partial charge in [-0.1, -0.05) is 24.3 Å². The molecule has 0 amide bonds. The van der Waals surface area contributed by atoms with Crippen molar-refractivity contribution >= 4 is 11.0 Å².